The maximum Gasteiger partial charge on any atom is 0.256 e. The van der Waals surface area contributed by atoms with Gasteiger partial charge in [-0.1, -0.05) is 12.1 Å². The zero-order valence-electron chi connectivity index (χ0n) is 13.2. The monoisotopic (exact) mass is 303 g/mol. The number of aliphatic hydroxyl groups excluding tert-OH is 1. The number of benzene rings is 1. The highest BCUT2D eigenvalue weighted by molar-refractivity contribution is 6.00. The first-order valence-electron chi connectivity index (χ1n) is 8.15. The normalized spacial score (nSPS) is 23.6. The summed E-state index contributed by atoms with van der Waals surface area (Å²) >= 11 is 0. The number of amides is 1. The Balaban J connectivity index is 1.82. The molecule has 0 aromatic heterocycles. The largest absolute Gasteiger partial charge is 0.390 e. The van der Waals surface area contributed by atoms with Crippen molar-refractivity contribution >= 4 is 11.6 Å². The minimum absolute atomic E-state index is 0.0388. The van der Waals surface area contributed by atoms with Gasteiger partial charge in [0.25, 0.3) is 5.91 Å². The second kappa shape index (κ2) is 6.67. The predicted molar refractivity (Wildman–Crippen MR) is 87.3 cm³/mol. The summed E-state index contributed by atoms with van der Waals surface area (Å²) in [6, 6.07) is 7.87. The lowest BCUT2D eigenvalue weighted by molar-refractivity contribution is 0.0667. The third kappa shape index (κ3) is 3.25. The van der Waals surface area contributed by atoms with E-state index in [0.717, 1.165) is 30.9 Å². The molecule has 5 nitrogen and oxygen atoms in total. The molecular formula is C17H25N3O2. The Morgan fingerprint density at radius 3 is 2.59 bits per heavy atom. The van der Waals surface area contributed by atoms with E-state index in [-0.39, 0.29) is 5.91 Å². The van der Waals surface area contributed by atoms with Crippen molar-refractivity contribution in [2.24, 2.45) is 0 Å². The number of carbonyl (C=O) groups is 1. The molecule has 5 heteroatoms. The van der Waals surface area contributed by atoms with Crippen molar-refractivity contribution < 1.29 is 9.90 Å². The minimum Gasteiger partial charge on any atom is -0.390 e. The molecule has 1 N–H and O–H groups in total. The quantitative estimate of drug-likeness (QED) is 0.887. The second-order valence-electron chi connectivity index (χ2n) is 6.38. The van der Waals surface area contributed by atoms with E-state index in [9.17, 15) is 9.90 Å². The SMILES string of the molecule is CN1CCN(C(=O)c2ccccc2N2CCCC2)C[C@@H](O)C1. The van der Waals surface area contributed by atoms with Crippen LogP contribution in [0.2, 0.25) is 0 Å². The van der Waals surface area contributed by atoms with Crippen LogP contribution in [0.5, 0.6) is 0 Å². The predicted octanol–water partition coefficient (Wildman–Crippen LogP) is 1.04. The maximum atomic E-state index is 13.0. The van der Waals surface area contributed by atoms with Crippen LogP contribution in [-0.2, 0) is 0 Å². The van der Waals surface area contributed by atoms with Gasteiger partial charge in [0, 0.05) is 45.0 Å². The number of aliphatic hydroxyl groups is 1. The van der Waals surface area contributed by atoms with Gasteiger partial charge in [0.05, 0.1) is 11.7 Å². The first kappa shape index (κ1) is 15.3. The fourth-order valence-corrected chi connectivity index (χ4v) is 3.39. The van der Waals surface area contributed by atoms with Crippen LogP contribution in [0.1, 0.15) is 23.2 Å². The van der Waals surface area contributed by atoms with Crippen LogP contribution in [-0.4, -0.2) is 73.2 Å². The van der Waals surface area contributed by atoms with Crippen molar-refractivity contribution in [2.75, 3.05) is 51.2 Å². The number of likely N-dealkylation sites (N-methyl/N-ethyl adjacent to an activating group) is 1. The lowest BCUT2D eigenvalue weighted by Gasteiger charge is -2.26. The van der Waals surface area contributed by atoms with E-state index in [2.05, 4.69) is 9.80 Å². The highest BCUT2D eigenvalue weighted by Gasteiger charge is 2.26. The molecule has 1 aromatic rings. The zero-order valence-corrected chi connectivity index (χ0v) is 13.2. The standard InChI is InChI=1S/C17H25N3O2/c1-18-10-11-20(13-14(21)12-18)17(22)15-6-2-3-7-16(15)19-8-4-5-9-19/h2-3,6-7,14,21H,4-5,8-13H2,1H3/t14-/m0/s1. The average molecular weight is 303 g/mol. The van der Waals surface area contributed by atoms with Gasteiger partial charge in [-0.3, -0.25) is 4.79 Å². The van der Waals surface area contributed by atoms with E-state index in [0.29, 0.717) is 19.6 Å². The number of hydrogen-bond donors (Lipinski definition) is 1. The Morgan fingerprint density at radius 2 is 1.82 bits per heavy atom. The number of rotatable bonds is 2. The summed E-state index contributed by atoms with van der Waals surface area (Å²) in [5, 5.41) is 10.1. The zero-order chi connectivity index (χ0) is 15.5. The van der Waals surface area contributed by atoms with Crippen LogP contribution in [0.15, 0.2) is 24.3 Å². The van der Waals surface area contributed by atoms with Gasteiger partial charge in [0.15, 0.2) is 0 Å². The smallest absolute Gasteiger partial charge is 0.256 e. The first-order chi connectivity index (χ1) is 10.6. The molecule has 2 aliphatic heterocycles. The molecule has 2 saturated heterocycles. The molecule has 120 valence electrons. The van der Waals surface area contributed by atoms with Crippen molar-refractivity contribution in [3.63, 3.8) is 0 Å². The first-order valence-corrected chi connectivity index (χ1v) is 8.15. The van der Waals surface area contributed by atoms with Gasteiger partial charge in [-0.15, -0.1) is 0 Å². The van der Waals surface area contributed by atoms with Crippen molar-refractivity contribution in [1.29, 1.82) is 0 Å². The Labute approximate surface area is 132 Å². The molecule has 2 aliphatic rings. The van der Waals surface area contributed by atoms with E-state index in [1.165, 1.54) is 12.8 Å². The molecule has 0 bridgehead atoms. The van der Waals surface area contributed by atoms with E-state index >= 15 is 0 Å². The number of β-amino-alcohol motifs (C(OH)–C–C–N with tert-alkyl or cyclic N) is 1. The van der Waals surface area contributed by atoms with Gasteiger partial charge in [-0.2, -0.15) is 0 Å². The van der Waals surface area contributed by atoms with E-state index in [1.54, 1.807) is 4.90 Å². The number of para-hydroxylation sites is 1. The summed E-state index contributed by atoms with van der Waals surface area (Å²) in [5.41, 5.74) is 1.80. The summed E-state index contributed by atoms with van der Waals surface area (Å²) in [4.78, 5) is 19.1. The van der Waals surface area contributed by atoms with Gasteiger partial charge >= 0.3 is 0 Å². The number of anilines is 1. The topological polar surface area (TPSA) is 47.0 Å². The van der Waals surface area contributed by atoms with E-state index < -0.39 is 6.10 Å². The minimum atomic E-state index is -0.476. The van der Waals surface area contributed by atoms with Gasteiger partial charge in [0.1, 0.15) is 0 Å². The number of nitrogens with zero attached hydrogens (tertiary/aromatic N) is 3. The van der Waals surface area contributed by atoms with Crippen LogP contribution in [0.4, 0.5) is 5.69 Å². The third-order valence-electron chi connectivity index (χ3n) is 4.57. The molecule has 0 unspecified atom stereocenters. The Hall–Kier alpha value is -1.59. The summed E-state index contributed by atoms with van der Waals surface area (Å²) < 4.78 is 0. The van der Waals surface area contributed by atoms with E-state index in [1.807, 2.05) is 31.3 Å². The highest BCUT2D eigenvalue weighted by Crippen LogP contribution is 2.26. The van der Waals surface area contributed by atoms with Gasteiger partial charge in [-0.25, -0.2) is 0 Å². The van der Waals surface area contributed by atoms with Crippen molar-refractivity contribution in [1.82, 2.24) is 9.80 Å². The molecule has 22 heavy (non-hydrogen) atoms. The van der Waals surface area contributed by atoms with Crippen LogP contribution in [0.3, 0.4) is 0 Å². The van der Waals surface area contributed by atoms with Gasteiger partial charge < -0.3 is 19.8 Å². The molecule has 0 aliphatic carbocycles. The molecule has 1 amide bonds. The lowest BCUT2D eigenvalue weighted by Crippen LogP contribution is -2.38. The molecule has 0 saturated carbocycles. The second-order valence-corrected chi connectivity index (χ2v) is 6.38. The fourth-order valence-electron chi connectivity index (χ4n) is 3.39. The van der Waals surface area contributed by atoms with Gasteiger partial charge in [0.2, 0.25) is 0 Å². The Bertz CT molecular complexity index is 528. The molecule has 3 rings (SSSR count). The van der Waals surface area contributed by atoms with Crippen molar-refractivity contribution in [3.05, 3.63) is 29.8 Å². The summed E-state index contributed by atoms with van der Waals surface area (Å²) in [7, 11) is 1.98. The molecule has 2 fully saturated rings. The summed E-state index contributed by atoms with van der Waals surface area (Å²) in [6.45, 7) is 4.55. The molecule has 0 radical (unpaired) electrons. The lowest BCUT2D eigenvalue weighted by atomic mass is 10.1. The Morgan fingerprint density at radius 1 is 1.09 bits per heavy atom. The number of carbonyl (C=O) groups excluding carboxylic acids is 1. The fraction of sp³-hybridized carbons (Fsp3) is 0.588. The van der Waals surface area contributed by atoms with Crippen LogP contribution < -0.4 is 4.90 Å². The average Bonchev–Trinajstić information content (AvgIpc) is 2.99. The van der Waals surface area contributed by atoms with Gasteiger partial charge in [-0.05, 0) is 32.0 Å². The van der Waals surface area contributed by atoms with Crippen LogP contribution in [0, 0.1) is 0 Å². The molecule has 1 aromatic carbocycles. The Kier molecular flexibility index (Phi) is 4.64. The third-order valence-corrected chi connectivity index (χ3v) is 4.57. The number of hydrogen-bond acceptors (Lipinski definition) is 4. The van der Waals surface area contributed by atoms with Crippen molar-refractivity contribution in [3.8, 4) is 0 Å². The maximum absolute atomic E-state index is 13.0. The van der Waals surface area contributed by atoms with E-state index in [4.69, 9.17) is 0 Å². The molecule has 1 atom stereocenters. The molecule has 2 heterocycles. The summed E-state index contributed by atoms with van der Waals surface area (Å²) in [5.74, 6) is 0.0388. The summed E-state index contributed by atoms with van der Waals surface area (Å²) in [6.07, 6.45) is 1.90. The van der Waals surface area contributed by atoms with Crippen LogP contribution in [0.25, 0.3) is 0 Å². The molecule has 0 spiro atoms. The van der Waals surface area contributed by atoms with Crippen molar-refractivity contribution in [2.45, 2.75) is 18.9 Å². The highest BCUT2D eigenvalue weighted by atomic mass is 16.3. The van der Waals surface area contributed by atoms with Crippen LogP contribution >= 0.6 is 0 Å². The molecular weight excluding hydrogens is 278 g/mol.